The highest BCUT2D eigenvalue weighted by Crippen LogP contribution is 2.08. The number of benzene rings is 1. The fourth-order valence-corrected chi connectivity index (χ4v) is 1.75. The van der Waals surface area contributed by atoms with Gasteiger partial charge in [-0.05, 0) is 31.9 Å². The zero-order valence-electron chi connectivity index (χ0n) is 12.3. The van der Waals surface area contributed by atoms with Crippen LogP contribution in [0.1, 0.15) is 24.5 Å². The quantitative estimate of drug-likeness (QED) is 0.749. The monoisotopic (exact) mass is 277 g/mol. The van der Waals surface area contributed by atoms with Crippen LogP contribution in [0.15, 0.2) is 29.8 Å². The molecule has 1 atom stereocenters. The lowest BCUT2D eigenvalue weighted by Crippen LogP contribution is -2.28. The van der Waals surface area contributed by atoms with Crippen LogP contribution in [-0.2, 0) is 9.53 Å². The lowest BCUT2D eigenvalue weighted by molar-refractivity contribution is -0.117. The molecule has 0 aliphatic heterocycles. The molecule has 0 fully saturated rings. The SMILES string of the molecule is COCC(O)CCNC(=O)/C(C)=C/c1ccc(C)cc1. The Labute approximate surface area is 120 Å². The Kier molecular flexibility index (Phi) is 6.98. The molecule has 2 N–H and O–H groups in total. The van der Waals surface area contributed by atoms with E-state index < -0.39 is 6.10 Å². The van der Waals surface area contributed by atoms with Crippen molar-refractivity contribution in [3.63, 3.8) is 0 Å². The third-order valence-corrected chi connectivity index (χ3v) is 2.94. The standard InChI is InChI=1S/C16H23NO3/c1-12-4-6-14(7-5-12)10-13(2)16(19)17-9-8-15(18)11-20-3/h4-7,10,15,18H,8-9,11H2,1-3H3,(H,17,19)/b13-10+. The summed E-state index contributed by atoms with van der Waals surface area (Å²) in [5.74, 6) is -0.116. The molecule has 1 unspecified atom stereocenters. The molecule has 0 bridgehead atoms. The number of carbonyl (C=O) groups is 1. The molecule has 0 aliphatic rings. The number of methoxy groups -OCH3 is 1. The number of hydrogen-bond acceptors (Lipinski definition) is 3. The van der Waals surface area contributed by atoms with Gasteiger partial charge >= 0.3 is 0 Å². The van der Waals surface area contributed by atoms with Crippen LogP contribution in [0.4, 0.5) is 0 Å². The largest absolute Gasteiger partial charge is 0.391 e. The van der Waals surface area contributed by atoms with E-state index in [-0.39, 0.29) is 12.5 Å². The molecule has 0 heterocycles. The van der Waals surface area contributed by atoms with Gasteiger partial charge in [-0.15, -0.1) is 0 Å². The lowest BCUT2D eigenvalue weighted by atomic mass is 10.1. The molecule has 110 valence electrons. The Morgan fingerprint density at radius 3 is 2.65 bits per heavy atom. The van der Waals surface area contributed by atoms with Gasteiger partial charge in [-0.25, -0.2) is 0 Å². The predicted octanol–water partition coefficient (Wildman–Crippen LogP) is 1.91. The third kappa shape index (κ3) is 5.99. The summed E-state index contributed by atoms with van der Waals surface area (Å²) < 4.78 is 4.82. The first-order valence-electron chi connectivity index (χ1n) is 6.73. The predicted molar refractivity (Wildman–Crippen MR) is 80.3 cm³/mol. The molecule has 4 heteroatoms. The van der Waals surface area contributed by atoms with Gasteiger partial charge in [0.25, 0.3) is 0 Å². The molecular formula is C16H23NO3. The van der Waals surface area contributed by atoms with Gasteiger partial charge in [0.05, 0.1) is 12.7 Å². The molecule has 4 nitrogen and oxygen atoms in total. The number of nitrogens with one attached hydrogen (secondary N) is 1. The molecule has 0 aliphatic carbocycles. The first-order valence-corrected chi connectivity index (χ1v) is 6.73. The Bertz CT molecular complexity index is 451. The molecule has 1 rings (SSSR count). The van der Waals surface area contributed by atoms with Crippen LogP contribution in [0.2, 0.25) is 0 Å². The zero-order valence-corrected chi connectivity index (χ0v) is 12.3. The van der Waals surface area contributed by atoms with Gasteiger partial charge in [-0.1, -0.05) is 29.8 Å². The maximum Gasteiger partial charge on any atom is 0.246 e. The van der Waals surface area contributed by atoms with Gasteiger partial charge in [0, 0.05) is 19.2 Å². The number of rotatable bonds is 7. The first-order chi connectivity index (χ1) is 9.52. The Balaban J connectivity index is 2.44. The molecule has 0 saturated heterocycles. The summed E-state index contributed by atoms with van der Waals surface area (Å²) in [5.41, 5.74) is 2.84. The summed E-state index contributed by atoms with van der Waals surface area (Å²) in [6.45, 7) is 4.52. The average Bonchev–Trinajstić information content (AvgIpc) is 2.41. The smallest absolute Gasteiger partial charge is 0.246 e. The van der Waals surface area contributed by atoms with Gasteiger partial charge in [0.2, 0.25) is 5.91 Å². The van der Waals surface area contributed by atoms with Crippen LogP contribution < -0.4 is 5.32 Å². The van der Waals surface area contributed by atoms with E-state index in [1.807, 2.05) is 37.3 Å². The van der Waals surface area contributed by atoms with Crippen molar-refractivity contribution in [2.45, 2.75) is 26.4 Å². The van der Waals surface area contributed by atoms with E-state index in [2.05, 4.69) is 5.32 Å². The number of aliphatic hydroxyl groups is 1. The van der Waals surface area contributed by atoms with Crippen LogP contribution in [0, 0.1) is 6.92 Å². The van der Waals surface area contributed by atoms with Crippen molar-refractivity contribution in [1.29, 1.82) is 0 Å². The highest BCUT2D eigenvalue weighted by molar-refractivity contribution is 5.97. The van der Waals surface area contributed by atoms with Crippen molar-refractivity contribution in [1.82, 2.24) is 5.32 Å². The number of ether oxygens (including phenoxy) is 1. The summed E-state index contributed by atoms with van der Waals surface area (Å²) in [7, 11) is 1.54. The van der Waals surface area contributed by atoms with E-state index in [9.17, 15) is 9.90 Å². The minimum absolute atomic E-state index is 0.116. The van der Waals surface area contributed by atoms with E-state index in [0.717, 1.165) is 5.56 Å². The average molecular weight is 277 g/mol. The van der Waals surface area contributed by atoms with Crippen LogP contribution in [0.3, 0.4) is 0 Å². The number of amides is 1. The maximum absolute atomic E-state index is 11.9. The molecule has 1 aromatic carbocycles. The summed E-state index contributed by atoms with van der Waals surface area (Å²) in [5, 5.41) is 12.3. The maximum atomic E-state index is 11.9. The molecule has 0 aromatic heterocycles. The first kappa shape index (κ1) is 16.4. The second-order valence-corrected chi connectivity index (χ2v) is 4.89. The highest BCUT2D eigenvalue weighted by Gasteiger charge is 2.06. The van der Waals surface area contributed by atoms with Crippen molar-refractivity contribution in [3.8, 4) is 0 Å². The number of hydrogen-bond donors (Lipinski definition) is 2. The fourth-order valence-electron chi connectivity index (χ4n) is 1.75. The van der Waals surface area contributed by atoms with Crippen LogP contribution in [0.5, 0.6) is 0 Å². The molecule has 1 aromatic rings. The van der Waals surface area contributed by atoms with Crippen molar-refractivity contribution in [3.05, 3.63) is 41.0 Å². The highest BCUT2D eigenvalue weighted by atomic mass is 16.5. The van der Waals surface area contributed by atoms with E-state index >= 15 is 0 Å². The zero-order chi connectivity index (χ0) is 15.0. The minimum Gasteiger partial charge on any atom is -0.391 e. The van der Waals surface area contributed by atoms with E-state index in [0.29, 0.717) is 18.5 Å². The second-order valence-electron chi connectivity index (χ2n) is 4.89. The van der Waals surface area contributed by atoms with Gasteiger partial charge in [-0.2, -0.15) is 0 Å². The molecule has 1 amide bonds. The van der Waals surface area contributed by atoms with E-state index in [4.69, 9.17) is 4.74 Å². The fraction of sp³-hybridized carbons (Fsp3) is 0.438. The van der Waals surface area contributed by atoms with Crippen LogP contribution in [0.25, 0.3) is 6.08 Å². The molecular weight excluding hydrogens is 254 g/mol. The van der Waals surface area contributed by atoms with Crippen molar-refractivity contribution in [2.24, 2.45) is 0 Å². The van der Waals surface area contributed by atoms with Gasteiger partial charge in [0.1, 0.15) is 0 Å². The minimum atomic E-state index is -0.540. The second kappa shape index (κ2) is 8.51. The van der Waals surface area contributed by atoms with Crippen LogP contribution >= 0.6 is 0 Å². The Morgan fingerprint density at radius 2 is 2.05 bits per heavy atom. The molecule has 0 spiro atoms. The lowest BCUT2D eigenvalue weighted by Gasteiger charge is -2.10. The third-order valence-electron chi connectivity index (χ3n) is 2.94. The van der Waals surface area contributed by atoms with Crippen LogP contribution in [-0.4, -0.2) is 37.4 Å². The number of aryl methyl sites for hydroxylation is 1. The summed E-state index contributed by atoms with van der Waals surface area (Å²) in [6, 6.07) is 7.99. The van der Waals surface area contributed by atoms with Gasteiger partial charge in [0.15, 0.2) is 0 Å². The Hall–Kier alpha value is -1.65. The number of carbonyl (C=O) groups excluding carboxylic acids is 1. The van der Waals surface area contributed by atoms with Crippen molar-refractivity contribution < 1.29 is 14.6 Å². The van der Waals surface area contributed by atoms with Gasteiger partial charge < -0.3 is 15.2 Å². The Morgan fingerprint density at radius 1 is 1.40 bits per heavy atom. The molecule has 0 saturated carbocycles. The molecule has 0 radical (unpaired) electrons. The summed E-state index contributed by atoms with van der Waals surface area (Å²) in [6.07, 6.45) is 1.79. The molecule has 20 heavy (non-hydrogen) atoms. The van der Waals surface area contributed by atoms with Gasteiger partial charge in [-0.3, -0.25) is 4.79 Å². The van der Waals surface area contributed by atoms with Crippen molar-refractivity contribution in [2.75, 3.05) is 20.3 Å². The summed E-state index contributed by atoms with van der Waals surface area (Å²) >= 11 is 0. The van der Waals surface area contributed by atoms with Crippen molar-refractivity contribution >= 4 is 12.0 Å². The number of aliphatic hydroxyl groups excluding tert-OH is 1. The van der Waals surface area contributed by atoms with E-state index in [1.54, 1.807) is 6.92 Å². The topological polar surface area (TPSA) is 58.6 Å². The van der Waals surface area contributed by atoms with E-state index in [1.165, 1.54) is 12.7 Å². The summed E-state index contributed by atoms with van der Waals surface area (Å²) in [4.78, 5) is 11.9. The normalized spacial score (nSPS) is 13.1.